The Hall–Kier alpha value is -3.44. The SMILES string of the molecule is COc1ccc(/C=N/Nc2nnc(SCC(=O)Nc3ccccc3Cl)n2N)cc1OC. The van der Waals surface area contributed by atoms with Crippen molar-refractivity contribution in [1.82, 2.24) is 14.9 Å². The predicted octanol–water partition coefficient (Wildman–Crippen LogP) is 2.84. The van der Waals surface area contributed by atoms with Crippen molar-refractivity contribution in [1.29, 1.82) is 0 Å². The topological polar surface area (TPSA) is 129 Å². The van der Waals surface area contributed by atoms with Crippen LogP contribution in [-0.2, 0) is 4.79 Å². The number of methoxy groups -OCH3 is 2. The van der Waals surface area contributed by atoms with Gasteiger partial charge in [-0.15, -0.1) is 10.2 Å². The number of nitrogens with zero attached hydrogens (tertiary/aromatic N) is 4. The maximum absolute atomic E-state index is 12.1. The minimum Gasteiger partial charge on any atom is -0.493 e. The molecule has 0 aliphatic carbocycles. The third-order valence-electron chi connectivity index (χ3n) is 3.93. The zero-order valence-corrected chi connectivity index (χ0v) is 18.3. The first-order valence-electron chi connectivity index (χ1n) is 8.90. The molecular formula is C19H20ClN7O3S. The second kappa shape index (κ2) is 10.5. The Morgan fingerprint density at radius 3 is 2.74 bits per heavy atom. The van der Waals surface area contributed by atoms with Crippen LogP contribution in [0.2, 0.25) is 5.02 Å². The predicted molar refractivity (Wildman–Crippen MR) is 122 cm³/mol. The molecule has 31 heavy (non-hydrogen) atoms. The van der Waals surface area contributed by atoms with Crippen LogP contribution in [0.15, 0.2) is 52.7 Å². The fourth-order valence-corrected chi connectivity index (χ4v) is 3.27. The zero-order chi connectivity index (χ0) is 22.2. The van der Waals surface area contributed by atoms with Gasteiger partial charge >= 0.3 is 0 Å². The van der Waals surface area contributed by atoms with Gasteiger partial charge in [0.05, 0.1) is 36.9 Å². The number of benzene rings is 2. The molecule has 0 unspecified atom stereocenters. The molecule has 0 radical (unpaired) electrons. The zero-order valence-electron chi connectivity index (χ0n) is 16.7. The number of nitrogens with one attached hydrogen (secondary N) is 2. The third kappa shape index (κ3) is 5.80. The highest BCUT2D eigenvalue weighted by molar-refractivity contribution is 7.99. The van der Waals surface area contributed by atoms with E-state index in [1.807, 2.05) is 6.07 Å². The number of aromatic nitrogens is 3. The first kappa shape index (κ1) is 22.2. The lowest BCUT2D eigenvalue weighted by molar-refractivity contribution is -0.113. The van der Waals surface area contributed by atoms with E-state index in [2.05, 4.69) is 26.0 Å². The van der Waals surface area contributed by atoms with Gasteiger partial charge in [0.25, 0.3) is 5.95 Å². The van der Waals surface area contributed by atoms with E-state index < -0.39 is 0 Å². The maximum Gasteiger partial charge on any atom is 0.264 e. The molecule has 0 saturated carbocycles. The quantitative estimate of drug-likeness (QED) is 0.192. The van der Waals surface area contributed by atoms with Crippen molar-refractivity contribution in [3.63, 3.8) is 0 Å². The minimum atomic E-state index is -0.248. The van der Waals surface area contributed by atoms with E-state index in [-0.39, 0.29) is 17.6 Å². The van der Waals surface area contributed by atoms with Crippen molar-refractivity contribution in [3.8, 4) is 11.5 Å². The highest BCUT2D eigenvalue weighted by Gasteiger charge is 2.13. The Labute approximate surface area is 187 Å². The number of thioether (sulfide) groups is 1. The fraction of sp³-hybridized carbons (Fsp3) is 0.158. The Morgan fingerprint density at radius 1 is 1.23 bits per heavy atom. The van der Waals surface area contributed by atoms with Crippen molar-refractivity contribution in [3.05, 3.63) is 53.1 Å². The fourth-order valence-electron chi connectivity index (χ4n) is 2.43. The molecule has 3 rings (SSSR count). The van der Waals surface area contributed by atoms with E-state index in [0.717, 1.165) is 17.3 Å². The van der Waals surface area contributed by atoms with E-state index in [1.165, 1.54) is 4.68 Å². The van der Waals surface area contributed by atoms with Gasteiger partial charge in [0, 0.05) is 0 Å². The summed E-state index contributed by atoms with van der Waals surface area (Å²) in [6.07, 6.45) is 1.57. The average molecular weight is 462 g/mol. The molecule has 12 heteroatoms. The van der Waals surface area contributed by atoms with Gasteiger partial charge < -0.3 is 20.6 Å². The summed E-state index contributed by atoms with van der Waals surface area (Å²) in [4.78, 5) is 12.1. The molecule has 0 aliphatic heterocycles. The molecule has 0 spiro atoms. The van der Waals surface area contributed by atoms with Crippen LogP contribution in [0, 0.1) is 0 Å². The molecule has 2 aromatic carbocycles. The van der Waals surface area contributed by atoms with Crippen LogP contribution in [-0.4, -0.2) is 47.0 Å². The third-order valence-corrected chi connectivity index (χ3v) is 5.20. The molecule has 1 heterocycles. The number of hydrazone groups is 1. The molecule has 0 saturated heterocycles. The Bertz CT molecular complexity index is 1090. The molecule has 1 amide bonds. The van der Waals surface area contributed by atoms with E-state index in [4.69, 9.17) is 26.9 Å². The van der Waals surface area contributed by atoms with Crippen LogP contribution >= 0.6 is 23.4 Å². The average Bonchev–Trinajstić information content (AvgIpc) is 3.13. The van der Waals surface area contributed by atoms with Gasteiger partial charge in [-0.1, -0.05) is 35.5 Å². The number of para-hydroxylation sites is 1. The minimum absolute atomic E-state index is 0.0788. The number of carbonyl (C=O) groups excluding carboxylic acids is 1. The Kier molecular flexibility index (Phi) is 7.57. The van der Waals surface area contributed by atoms with Crippen LogP contribution in [0.1, 0.15) is 5.56 Å². The van der Waals surface area contributed by atoms with Crippen molar-refractivity contribution < 1.29 is 14.3 Å². The summed E-state index contributed by atoms with van der Waals surface area (Å²) >= 11 is 7.16. The van der Waals surface area contributed by atoms with Gasteiger partial charge in [-0.3, -0.25) is 4.79 Å². The van der Waals surface area contributed by atoms with E-state index in [1.54, 1.807) is 56.8 Å². The summed E-state index contributed by atoms with van der Waals surface area (Å²) in [6, 6.07) is 12.3. The summed E-state index contributed by atoms with van der Waals surface area (Å²) in [5.41, 5.74) is 4.03. The largest absolute Gasteiger partial charge is 0.493 e. The number of nitrogen functional groups attached to an aromatic ring is 1. The van der Waals surface area contributed by atoms with E-state index in [0.29, 0.717) is 27.4 Å². The summed E-state index contributed by atoms with van der Waals surface area (Å²) in [5.74, 6) is 7.22. The highest BCUT2D eigenvalue weighted by Crippen LogP contribution is 2.27. The number of hydrogen-bond donors (Lipinski definition) is 3. The summed E-state index contributed by atoms with van der Waals surface area (Å²) in [6.45, 7) is 0. The molecule has 4 N–H and O–H groups in total. The van der Waals surface area contributed by atoms with Gasteiger partial charge in [-0.2, -0.15) is 5.10 Å². The molecule has 10 nitrogen and oxygen atoms in total. The maximum atomic E-state index is 12.1. The first-order valence-corrected chi connectivity index (χ1v) is 10.3. The number of amides is 1. The molecule has 0 bridgehead atoms. The Morgan fingerprint density at radius 2 is 2.00 bits per heavy atom. The second-order valence-corrected chi connectivity index (χ2v) is 7.33. The van der Waals surface area contributed by atoms with E-state index in [9.17, 15) is 4.79 Å². The molecule has 0 fully saturated rings. The molecular weight excluding hydrogens is 442 g/mol. The van der Waals surface area contributed by atoms with Crippen molar-refractivity contribution >= 4 is 47.1 Å². The molecule has 0 aliphatic rings. The lowest BCUT2D eigenvalue weighted by Crippen LogP contribution is -2.17. The molecule has 3 aromatic rings. The van der Waals surface area contributed by atoms with Crippen LogP contribution in [0.3, 0.4) is 0 Å². The number of ether oxygens (including phenoxy) is 2. The van der Waals surface area contributed by atoms with Crippen molar-refractivity contribution in [2.24, 2.45) is 5.10 Å². The van der Waals surface area contributed by atoms with E-state index >= 15 is 0 Å². The highest BCUT2D eigenvalue weighted by atomic mass is 35.5. The number of carbonyl (C=O) groups is 1. The monoisotopic (exact) mass is 461 g/mol. The first-order chi connectivity index (χ1) is 15.0. The van der Waals surface area contributed by atoms with Crippen LogP contribution in [0.5, 0.6) is 11.5 Å². The second-order valence-electron chi connectivity index (χ2n) is 5.98. The Balaban J connectivity index is 1.56. The van der Waals surface area contributed by atoms with Crippen molar-refractivity contribution in [2.45, 2.75) is 5.16 Å². The number of hydrogen-bond acceptors (Lipinski definition) is 9. The normalized spacial score (nSPS) is 10.8. The van der Waals surface area contributed by atoms with Crippen molar-refractivity contribution in [2.75, 3.05) is 36.6 Å². The summed E-state index contributed by atoms with van der Waals surface area (Å²) < 4.78 is 11.7. The smallest absolute Gasteiger partial charge is 0.264 e. The number of anilines is 2. The number of rotatable bonds is 9. The number of nitrogens with two attached hydrogens (primary N) is 1. The van der Waals surface area contributed by atoms with Gasteiger partial charge in [-0.25, -0.2) is 10.1 Å². The van der Waals surface area contributed by atoms with Gasteiger partial charge in [0.2, 0.25) is 11.1 Å². The summed E-state index contributed by atoms with van der Waals surface area (Å²) in [7, 11) is 3.12. The lowest BCUT2D eigenvalue weighted by Gasteiger charge is -2.07. The van der Waals surface area contributed by atoms with Crippen LogP contribution < -0.4 is 26.1 Å². The van der Waals surface area contributed by atoms with Gasteiger partial charge in [0.1, 0.15) is 0 Å². The molecule has 162 valence electrons. The van der Waals surface area contributed by atoms with Crippen LogP contribution in [0.25, 0.3) is 0 Å². The standard InChI is InChI=1S/C19H20ClN7O3S/c1-29-15-8-7-12(9-16(15)30-2)10-22-24-18-25-26-19(27(18)21)31-11-17(28)23-14-6-4-3-5-13(14)20/h3-10H,11,21H2,1-2H3,(H,23,28)(H,24,25)/b22-10+. The number of halogens is 1. The van der Waals surface area contributed by atoms with Gasteiger partial charge in [-0.05, 0) is 35.9 Å². The summed E-state index contributed by atoms with van der Waals surface area (Å²) in [5, 5.41) is 15.5. The molecule has 1 aromatic heterocycles. The lowest BCUT2D eigenvalue weighted by atomic mass is 10.2. The van der Waals surface area contributed by atoms with Crippen LogP contribution in [0.4, 0.5) is 11.6 Å². The molecule has 0 atom stereocenters. The van der Waals surface area contributed by atoms with Gasteiger partial charge in [0.15, 0.2) is 11.5 Å².